The fourth-order valence-corrected chi connectivity index (χ4v) is 3.42. The summed E-state index contributed by atoms with van der Waals surface area (Å²) in [5.74, 6) is 0. The van der Waals surface area contributed by atoms with Crippen molar-refractivity contribution in [2.75, 3.05) is 0 Å². The van der Waals surface area contributed by atoms with Crippen LogP contribution >= 0.6 is 22.7 Å². The molecule has 3 rings (SSSR count). The summed E-state index contributed by atoms with van der Waals surface area (Å²) in [5, 5.41) is 2.12. The Bertz CT molecular complexity index is 540. The second-order valence-corrected chi connectivity index (χ2v) is 4.79. The van der Waals surface area contributed by atoms with Gasteiger partial charge in [-0.15, -0.1) is 4.40 Å². The molecule has 0 spiro atoms. The molecule has 2 aromatic heterocycles. The lowest BCUT2D eigenvalue weighted by molar-refractivity contribution is -0.472. The molecule has 0 unspecified atom stereocenters. The molecule has 1 aromatic carbocycles. The maximum absolute atomic E-state index is 2.24. The largest absolute Gasteiger partial charge is 1.00 e. The smallest absolute Gasteiger partial charge is 0.326 e. The summed E-state index contributed by atoms with van der Waals surface area (Å²) in [5.41, 5.74) is 1.32. The summed E-state index contributed by atoms with van der Waals surface area (Å²) in [4.78, 5) is 0. The van der Waals surface area contributed by atoms with Gasteiger partial charge in [0.15, 0.2) is 6.20 Å². The molecule has 2 heterocycles. The van der Waals surface area contributed by atoms with E-state index in [4.69, 9.17) is 0 Å². The zero-order valence-corrected chi connectivity index (χ0v) is 9.82. The third-order valence-electron chi connectivity index (χ3n) is 1.90. The topological polar surface area (TPSA) is 4.10 Å². The van der Waals surface area contributed by atoms with Crippen LogP contribution in [-0.4, -0.2) is 0 Å². The molecule has 0 saturated heterocycles. The van der Waals surface area contributed by atoms with Crippen molar-refractivity contribution >= 4 is 37.0 Å². The highest BCUT2D eigenvalue weighted by Crippen LogP contribution is 2.23. The molecular weight excluding hydrogens is 266 g/mol. The van der Waals surface area contributed by atoms with E-state index < -0.39 is 0 Å². The van der Waals surface area contributed by atoms with Crippen LogP contribution in [0.1, 0.15) is 0 Å². The highest BCUT2D eigenvalue weighted by Gasteiger charge is 2.12. The number of fused-ring (bicyclic) bond motifs is 3. The number of rotatable bonds is 0. The molecule has 13 heavy (non-hydrogen) atoms. The number of hydrogen-bond acceptors (Lipinski definition) is 2. The SMILES string of the molecule is [Br-].c1ccc2c(c1)sc1scc[n+]12. The van der Waals surface area contributed by atoms with Gasteiger partial charge in [-0.2, -0.15) is 0 Å². The molecule has 0 amide bonds. The van der Waals surface area contributed by atoms with Crippen LogP contribution in [0.25, 0.3) is 14.4 Å². The molecule has 0 saturated carbocycles. The van der Waals surface area contributed by atoms with Gasteiger partial charge in [0, 0.05) is 6.07 Å². The first-order valence-electron chi connectivity index (χ1n) is 3.71. The average Bonchev–Trinajstić information content (AvgIpc) is 2.62. The predicted octanol–water partition coefficient (Wildman–Crippen LogP) is -0.294. The van der Waals surface area contributed by atoms with Crippen molar-refractivity contribution in [1.82, 2.24) is 0 Å². The molecule has 1 nitrogen and oxygen atoms in total. The van der Waals surface area contributed by atoms with Crippen molar-refractivity contribution < 1.29 is 21.4 Å². The van der Waals surface area contributed by atoms with Crippen LogP contribution in [-0.2, 0) is 0 Å². The van der Waals surface area contributed by atoms with Gasteiger partial charge in [0.1, 0.15) is 4.70 Å². The van der Waals surface area contributed by atoms with E-state index in [9.17, 15) is 0 Å². The number of aromatic nitrogens is 1. The standard InChI is InChI=1S/C9H6NS2.BrH/c1-2-4-8-7(3-1)10-5-6-11-9(10)12-8;/h1-6H;1H/q+1;/p-1. The van der Waals surface area contributed by atoms with E-state index in [1.54, 1.807) is 11.3 Å². The van der Waals surface area contributed by atoms with Crippen LogP contribution in [0.15, 0.2) is 35.8 Å². The minimum atomic E-state index is 0. The fourth-order valence-electron chi connectivity index (χ4n) is 1.36. The summed E-state index contributed by atoms with van der Waals surface area (Å²) in [7, 11) is 0. The van der Waals surface area contributed by atoms with Crippen LogP contribution in [0.5, 0.6) is 0 Å². The number of thiazole rings is 2. The normalized spacial score (nSPS) is 10.5. The maximum Gasteiger partial charge on any atom is 0.326 e. The molecule has 4 heteroatoms. The van der Waals surface area contributed by atoms with Gasteiger partial charge in [0.05, 0.1) is 5.38 Å². The maximum atomic E-state index is 2.24. The van der Waals surface area contributed by atoms with E-state index >= 15 is 0 Å². The molecule has 0 aliphatic heterocycles. The van der Waals surface area contributed by atoms with E-state index in [0.717, 1.165) is 0 Å². The molecule has 3 aromatic rings. The Morgan fingerprint density at radius 3 is 2.92 bits per heavy atom. The van der Waals surface area contributed by atoms with Crippen LogP contribution < -0.4 is 21.4 Å². The first-order valence-corrected chi connectivity index (χ1v) is 5.41. The van der Waals surface area contributed by atoms with E-state index in [1.165, 1.54) is 14.4 Å². The van der Waals surface area contributed by atoms with Crippen molar-refractivity contribution in [2.45, 2.75) is 0 Å². The van der Waals surface area contributed by atoms with Crippen LogP contribution in [0.2, 0.25) is 0 Å². The molecule has 0 atom stereocenters. The van der Waals surface area contributed by atoms with Gasteiger partial charge in [0.25, 0.3) is 0 Å². The first-order chi connectivity index (χ1) is 5.95. The minimum absolute atomic E-state index is 0. The average molecular weight is 272 g/mol. The number of para-hydroxylation sites is 1. The molecule has 0 radical (unpaired) electrons. The molecule has 0 fully saturated rings. The molecule has 66 valence electrons. The number of halogens is 1. The third kappa shape index (κ3) is 1.29. The molecular formula is C9H6BrNS2. The van der Waals surface area contributed by atoms with Gasteiger partial charge >= 0.3 is 4.14 Å². The zero-order valence-electron chi connectivity index (χ0n) is 6.61. The second kappa shape index (κ2) is 3.36. The monoisotopic (exact) mass is 271 g/mol. The highest BCUT2D eigenvalue weighted by molar-refractivity contribution is 7.37. The van der Waals surface area contributed by atoms with Crippen molar-refractivity contribution in [3.63, 3.8) is 0 Å². The van der Waals surface area contributed by atoms with Gasteiger partial charge < -0.3 is 17.0 Å². The van der Waals surface area contributed by atoms with Crippen molar-refractivity contribution in [2.24, 2.45) is 0 Å². The zero-order chi connectivity index (χ0) is 7.97. The van der Waals surface area contributed by atoms with Crippen molar-refractivity contribution in [3.8, 4) is 0 Å². The Morgan fingerprint density at radius 2 is 2.00 bits per heavy atom. The summed E-state index contributed by atoms with van der Waals surface area (Å²) in [6.45, 7) is 0. The van der Waals surface area contributed by atoms with Gasteiger partial charge in [-0.1, -0.05) is 34.8 Å². The Labute approximate surface area is 94.0 Å². The lowest BCUT2D eigenvalue weighted by Gasteiger charge is -1.78. The van der Waals surface area contributed by atoms with Crippen LogP contribution in [0.4, 0.5) is 0 Å². The van der Waals surface area contributed by atoms with E-state index in [-0.39, 0.29) is 17.0 Å². The lowest BCUT2D eigenvalue weighted by atomic mass is 10.3. The minimum Gasteiger partial charge on any atom is -1.00 e. The molecule has 0 N–H and O–H groups in total. The van der Waals surface area contributed by atoms with Gasteiger partial charge in [-0.05, 0) is 6.07 Å². The van der Waals surface area contributed by atoms with E-state index in [0.29, 0.717) is 0 Å². The van der Waals surface area contributed by atoms with E-state index in [2.05, 4.69) is 40.2 Å². The van der Waals surface area contributed by atoms with Crippen LogP contribution in [0, 0.1) is 0 Å². The number of benzene rings is 1. The Morgan fingerprint density at radius 1 is 1.15 bits per heavy atom. The van der Waals surface area contributed by atoms with Crippen LogP contribution in [0.3, 0.4) is 0 Å². The summed E-state index contributed by atoms with van der Waals surface area (Å²) in [6.07, 6.45) is 2.12. The Balaban J connectivity index is 0.000000653. The molecule has 0 aliphatic rings. The third-order valence-corrected chi connectivity index (χ3v) is 4.03. The van der Waals surface area contributed by atoms with Crippen molar-refractivity contribution in [3.05, 3.63) is 35.8 Å². The first kappa shape index (κ1) is 9.12. The lowest BCUT2D eigenvalue weighted by Crippen LogP contribution is -3.00. The highest BCUT2D eigenvalue weighted by atomic mass is 79.9. The van der Waals surface area contributed by atoms with Gasteiger partial charge in [0.2, 0.25) is 5.52 Å². The second-order valence-electron chi connectivity index (χ2n) is 2.61. The summed E-state index contributed by atoms with van der Waals surface area (Å²) >= 11 is 3.64. The van der Waals surface area contributed by atoms with Gasteiger partial charge in [-0.25, -0.2) is 0 Å². The van der Waals surface area contributed by atoms with E-state index in [1.807, 2.05) is 11.3 Å². The quantitative estimate of drug-likeness (QED) is 0.495. The Hall–Kier alpha value is -0.450. The number of nitrogens with zero attached hydrogens (tertiary/aromatic N) is 1. The molecule has 0 aliphatic carbocycles. The Kier molecular flexibility index (Phi) is 2.36. The number of hydrogen-bond donors (Lipinski definition) is 0. The molecule has 0 bridgehead atoms. The van der Waals surface area contributed by atoms with Gasteiger partial charge in [-0.3, -0.25) is 0 Å². The summed E-state index contributed by atoms with van der Waals surface area (Å²) in [6, 6.07) is 8.49. The predicted molar refractivity (Wildman–Crippen MR) is 52.9 cm³/mol. The fraction of sp³-hybridized carbons (Fsp3) is 0. The van der Waals surface area contributed by atoms with Crippen molar-refractivity contribution in [1.29, 1.82) is 0 Å². The summed E-state index contributed by atoms with van der Waals surface area (Å²) < 4.78 is 4.96.